The first-order valence-corrected chi connectivity index (χ1v) is 5.70. The molecular formula is C13H23N3O. The van der Waals surface area contributed by atoms with Crippen molar-refractivity contribution in [1.29, 1.82) is 0 Å². The zero-order valence-corrected chi connectivity index (χ0v) is 10.7. The van der Waals surface area contributed by atoms with Gasteiger partial charge in [0.2, 0.25) is 0 Å². The second-order valence-corrected chi connectivity index (χ2v) is 4.29. The van der Waals surface area contributed by atoms with E-state index in [1.54, 1.807) is 0 Å². The van der Waals surface area contributed by atoms with Crippen LogP contribution in [0, 0.1) is 11.8 Å². The van der Waals surface area contributed by atoms with Crippen molar-refractivity contribution in [2.45, 2.75) is 26.7 Å². The summed E-state index contributed by atoms with van der Waals surface area (Å²) < 4.78 is 0. The summed E-state index contributed by atoms with van der Waals surface area (Å²) in [5, 5.41) is 2.88. The predicted octanol–water partition coefficient (Wildman–Crippen LogP) is 1.61. The Kier molecular flexibility index (Phi) is 6.79. The maximum atomic E-state index is 11.0. The predicted molar refractivity (Wildman–Crippen MR) is 71.5 cm³/mol. The van der Waals surface area contributed by atoms with Gasteiger partial charge in [0.1, 0.15) is 5.70 Å². The zero-order chi connectivity index (χ0) is 13.4. The van der Waals surface area contributed by atoms with Gasteiger partial charge in [0.05, 0.1) is 0 Å². The van der Waals surface area contributed by atoms with E-state index >= 15 is 0 Å². The Labute approximate surface area is 103 Å². The summed E-state index contributed by atoms with van der Waals surface area (Å²) in [6, 6.07) is 0. The van der Waals surface area contributed by atoms with Crippen LogP contribution < -0.4 is 16.8 Å². The molecule has 4 heteroatoms. The average Bonchev–Trinajstić information content (AvgIpc) is 2.27. The summed E-state index contributed by atoms with van der Waals surface area (Å²) >= 11 is 0. The molecule has 4 nitrogen and oxygen atoms in total. The normalized spacial score (nSPS) is 15.4. The summed E-state index contributed by atoms with van der Waals surface area (Å²) in [4.78, 5) is 11.0. The van der Waals surface area contributed by atoms with Crippen molar-refractivity contribution in [2.75, 3.05) is 0 Å². The van der Waals surface area contributed by atoms with Crippen molar-refractivity contribution in [3.8, 4) is 0 Å². The number of primary amides is 1. The third-order valence-electron chi connectivity index (χ3n) is 2.90. The summed E-state index contributed by atoms with van der Waals surface area (Å²) in [7, 11) is 0. The van der Waals surface area contributed by atoms with Crippen LogP contribution in [0.15, 0.2) is 36.8 Å². The van der Waals surface area contributed by atoms with E-state index < -0.39 is 5.91 Å². The van der Waals surface area contributed by atoms with Gasteiger partial charge in [0.15, 0.2) is 0 Å². The quantitative estimate of drug-likeness (QED) is 0.443. The molecule has 17 heavy (non-hydrogen) atoms. The third kappa shape index (κ3) is 5.24. The molecule has 0 aliphatic heterocycles. The maximum absolute atomic E-state index is 11.0. The first-order chi connectivity index (χ1) is 7.93. The first kappa shape index (κ1) is 15.3. The maximum Gasteiger partial charge on any atom is 0.266 e. The van der Waals surface area contributed by atoms with Crippen LogP contribution in [0.2, 0.25) is 0 Å². The fourth-order valence-electron chi connectivity index (χ4n) is 1.54. The molecule has 0 heterocycles. The molecule has 96 valence electrons. The second-order valence-electron chi connectivity index (χ2n) is 4.29. The molecule has 2 atom stereocenters. The van der Waals surface area contributed by atoms with Crippen molar-refractivity contribution >= 4 is 5.91 Å². The van der Waals surface area contributed by atoms with Crippen molar-refractivity contribution in [2.24, 2.45) is 23.3 Å². The fourth-order valence-corrected chi connectivity index (χ4v) is 1.54. The molecule has 0 bridgehead atoms. The van der Waals surface area contributed by atoms with Gasteiger partial charge >= 0.3 is 0 Å². The fraction of sp³-hybridized carbons (Fsp3) is 0.462. The molecule has 0 aliphatic carbocycles. The van der Waals surface area contributed by atoms with E-state index in [2.05, 4.69) is 32.3 Å². The number of hydrogen-bond donors (Lipinski definition) is 3. The minimum Gasteiger partial charge on any atom is -0.393 e. The molecule has 0 spiro atoms. The molecule has 0 aromatic rings. The minimum absolute atomic E-state index is 0.0718. The molecular weight excluding hydrogens is 214 g/mol. The molecule has 0 fully saturated rings. The van der Waals surface area contributed by atoms with Crippen molar-refractivity contribution in [3.05, 3.63) is 36.8 Å². The standard InChI is InChI=1S/C13H23N3O/c1-5-7-9(3)10(4)8-11(16-6-2)12(14)13(15)17/h5-6,9-10,16H,1-2,7-8,14H2,3-4H3,(H2,15,17)/b12-11+. The number of allylic oxidation sites excluding steroid dienone is 2. The van der Waals surface area contributed by atoms with Gasteiger partial charge in [-0.1, -0.05) is 26.5 Å². The molecule has 0 saturated carbocycles. The topological polar surface area (TPSA) is 81.1 Å². The first-order valence-electron chi connectivity index (χ1n) is 5.70. The van der Waals surface area contributed by atoms with Gasteiger partial charge in [-0.05, 0) is 30.9 Å². The van der Waals surface area contributed by atoms with Gasteiger partial charge in [-0.15, -0.1) is 6.58 Å². The molecule has 0 radical (unpaired) electrons. The van der Waals surface area contributed by atoms with Gasteiger partial charge in [0, 0.05) is 5.70 Å². The number of amides is 1. The van der Waals surface area contributed by atoms with Gasteiger partial charge in [-0.2, -0.15) is 0 Å². The van der Waals surface area contributed by atoms with E-state index in [1.807, 2.05) is 6.08 Å². The summed E-state index contributed by atoms with van der Waals surface area (Å²) in [5.74, 6) is 0.223. The SMILES string of the molecule is C=CCC(C)C(C)C/C(NC=C)=C(\N)C(N)=O. The Morgan fingerprint density at radius 1 is 1.29 bits per heavy atom. The van der Waals surface area contributed by atoms with Crippen molar-refractivity contribution in [3.63, 3.8) is 0 Å². The number of carbonyl (C=O) groups is 1. The number of nitrogens with one attached hydrogen (secondary N) is 1. The second kappa shape index (κ2) is 7.54. The van der Waals surface area contributed by atoms with E-state index in [4.69, 9.17) is 11.5 Å². The van der Waals surface area contributed by atoms with E-state index in [9.17, 15) is 4.79 Å². The van der Waals surface area contributed by atoms with E-state index in [1.165, 1.54) is 6.20 Å². The molecule has 0 rings (SSSR count). The summed E-state index contributed by atoms with van der Waals surface area (Å²) in [5.41, 5.74) is 11.5. The highest BCUT2D eigenvalue weighted by Gasteiger charge is 2.16. The zero-order valence-electron chi connectivity index (χ0n) is 10.7. The summed E-state index contributed by atoms with van der Waals surface area (Å²) in [6.45, 7) is 11.5. The Bertz CT molecular complexity index is 321. The molecule has 0 aromatic heterocycles. The van der Waals surface area contributed by atoms with Crippen LogP contribution in [0.5, 0.6) is 0 Å². The van der Waals surface area contributed by atoms with Crippen LogP contribution in [0.3, 0.4) is 0 Å². The Morgan fingerprint density at radius 2 is 1.88 bits per heavy atom. The highest BCUT2D eigenvalue weighted by Crippen LogP contribution is 2.22. The number of nitrogens with two attached hydrogens (primary N) is 2. The van der Waals surface area contributed by atoms with Crippen LogP contribution >= 0.6 is 0 Å². The number of rotatable bonds is 8. The summed E-state index contributed by atoms with van der Waals surface area (Å²) in [6.07, 6.45) is 4.98. The highest BCUT2D eigenvalue weighted by atomic mass is 16.1. The monoisotopic (exact) mass is 237 g/mol. The molecule has 0 aromatic carbocycles. The van der Waals surface area contributed by atoms with Crippen LogP contribution in [0.4, 0.5) is 0 Å². The van der Waals surface area contributed by atoms with Crippen LogP contribution in [-0.2, 0) is 4.79 Å². The molecule has 0 saturated heterocycles. The average molecular weight is 237 g/mol. The van der Waals surface area contributed by atoms with Gasteiger partial charge in [0.25, 0.3) is 5.91 Å². The lowest BCUT2D eigenvalue weighted by Crippen LogP contribution is -2.27. The lowest BCUT2D eigenvalue weighted by molar-refractivity contribution is -0.114. The number of carbonyl (C=O) groups excluding carboxylic acids is 1. The van der Waals surface area contributed by atoms with Gasteiger partial charge < -0.3 is 16.8 Å². The lowest BCUT2D eigenvalue weighted by atomic mass is 9.88. The molecule has 5 N–H and O–H groups in total. The Balaban J connectivity index is 4.76. The lowest BCUT2D eigenvalue weighted by Gasteiger charge is -2.21. The Hall–Kier alpha value is -1.71. The minimum atomic E-state index is -0.613. The van der Waals surface area contributed by atoms with Crippen LogP contribution in [0.25, 0.3) is 0 Å². The van der Waals surface area contributed by atoms with Crippen molar-refractivity contribution < 1.29 is 4.79 Å². The molecule has 0 aliphatic rings. The third-order valence-corrected chi connectivity index (χ3v) is 2.90. The van der Waals surface area contributed by atoms with E-state index in [0.29, 0.717) is 24.0 Å². The van der Waals surface area contributed by atoms with E-state index in [0.717, 1.165) is 6.42 Å². The molecule has 2 unspecified atom stereocenters. The van der Waals surface area contributed by atoms with E-state index in [-0.39, 0.29) is 5.70 Å². The van der Waals surface area contributed by atoms with Gasteiger partial charge in [-0.25, -0.2) is 0 Å². The number of hydrogen-bond acceptors (Lipinski definition) is 3. The van der Waals surface area contributed by atoms with Gasteiger partial charge in [-0.3, -0.25) is 4.79 Å². The van der Waals surface area contributed by atoms with Crippen LogP contribution in [0.1, 0.15) is 26.7 Å². The smallest absolute Gasteiger partial charge is 0.266 e. The largest absolute Gasteiger partial charge is 0.393 e. The Morgan fingerprint density at radius 3 is 2.29 bits per heavy atom. The van der Waals surface area contributed by atoms with Crippen LogP contribution in [-0.4, -0.2) is 5.91 Å². The highest BCUT2D eigenvalue weighted by molar-refractivity contribution is 5.91. The van der Waals surface area contributed by atoms with Crippen molar-refractivity contribution in [1.82, 2.24) is 5.32 Å². The molecule has 1 amide bonds.